The standard InChI is InChI=1S/2C19H18P.2ClH.Ti/c2*1-3-11-18(12-4-1)20(19-13-5-2-6-14-19)16-15-17-9-7-8-10-17;;;/h2*1-14H,15-16H2;2*1H;/q;;;;+2/p-2. The summed E-state index contributed by atoms with van der Waals surface area (Å²) in [6.07, 6.45) is 22.2. The molecule has 0 aliphatic heterocycles. The molecule has 0 amide bonds. The van der Waals surface area contributed by atoms with Crippen LogP contribution in [0.5, 0.6) is 0 Å². The van der Waals surface area contributed by atoms with Crippen LogP contribution in [0, 0.1) is 63.2 Å². The summed E-state index contributed by atoms with van der Waals surface area (Å²) in [5.74, 6) is 2.90. The first-order chi connectivity index (χ1) is 21.3. The molecule has 2 aliphatic rings. The third-order valence-corrected chi connectivity index (χ3v) is 12.0. The monoisotopic (exact) mass is 672 g/mol. The van der Waals surface area contributed by atoms with Gasteiger partial charge in [-0.2, -0.15) is 0 Å². The SMILES string of the molecule is [CH]1[CH][CH][C](CCP(c2ccccc2)c2ccccc2)[CH]1.[CH]1[CH][CH][C](CCP(c2ccccc2)c2ccccc2)[CH]1.[Cl][Ti][Cl]. The van der Waals surface area contributed by atoms with E-state index in [2.05, 4.69) is 173 Å². The molecule has 43 heavy (non-hydrogen) atoms. The number of rotatable bonds is 10. The van der Waals surface area contributed by atoms with E-state index >= 15 is 0 Å². The number of halogens is 2. The molecule has 5 heteroatoms. The molecule has 0 spiro atoms. The van der Waals surface area contributed by atoms with E-state index in [9.17, 15) is 0 Å². The van der Waals surface area contributed by atoms with Gasteiger partial charge in [-0.05, 0) is 125 Å². The molecule has 0 saturated heterocycles. The molecule has 2 aliphatic carbocycles. The van der Waals surface area contributed by atoms with Crippen molar-refractivity contribution in [2.75, 3.05) is 12.3 Å². The topological polar surface area (TPSA) is 0 Å². The summed E-state index contributed by atoms with van der Waals surface area (Å²) in [4.78, 5) is 0. The van der Waals surface area contributed by atoms with Crippen molar-refractivity contribution >= 4 is 55.7 Å². The predicted octanol–water partition coefficient (Wildman–Crippen LogP) is 9.21. The second-order valence-corrected chi connectivity index (χ2v) is 17.1. The van der Waals surface area contributed by atoms with Gasteiger partial charge in [0, 0.05) is 0 Å². The van der Waals surface area contributed by atoms with Gasteiger partial charge in [0.25, 0.3) is 0 Å². The summed E-state index contributed by atoms with van der Waals surface area (Å²) < 4.78 is 0. The molecule has 0 heterocycles. The van der Waals surface area contributed by atoms with Crippen LogP contribution in [-0.2, 0) is 17.0 Å². The van der Waals surface area contributed by atoms with Crippen molar-refractivity contribution in [3.05, 3.63) is 185 Å². The van der Waals surface area contributed by atoms with Gasteiger partial charge >= 0.3 is 35.6 Å². The van der Waals surface area contributed by atoms with Gasteiger partial charge in [0.1, 0.15) is 0 Å². The molecule has 4 aromatic rings. The van der Waals surface area contributed by atoms with Gasteiger partial charge in [0.2, 0.25) is 0 Å². The first-order valence-electron chi connectivity index (χ1n) is 14.4. The average Bonchev–Trinajstić information content (AvgIpc) is 3.79. The molecule has 0 unspecified atom stereocenters. The van der Waals surface area contributed by atoms with Crippen LogP contribution in [0.4, 0.5) is 0 Å². The minimum atomic E-state index is -0.556. The minimum absolute atomic E-state index is 0.256. The van der Waals surface area contributed by atoms with Gasteiger partial charge in [0.05, 0.1) is 0 Å². The summed E-state index contributed by atoms with van der Waals surface area (Å²) in [5, 5.41) is 5.89. The van der Waals surface area contributed by atoms with Crippen molar-refractivity contribution in [3.63, 3.8) is 0 Å². The summed E-state index contributed by atoms with van der Waals surface area (Å²) in [6, 6.07) is 43.7. The second kappa shape index (κ2) is 20.9. The average molecular weight is 673 g/mol. The molecule has 6 rings (SSSR count). The van der Waals surface area contributed by atoms with Crippen LogP contribution in [0.1, 0.15) is 12.8 Å². The van der Waals surface area contributed by atoms with Gasteiger partial charge in [-0.25, -0.2) is 0 Å². The van der Waals surface area contributed by atoms with Crippen LogP contribution >= 0.6 is 34.5 Å². The van der Waals surface area contributed by atoms with Crippen molar-refractivity contribution in [1.29, 1.82) is 0 Å². The van der Waals surface area contributed by atoms with Gasteiger partial charge in [-0.15, -0.1) is 0 Å². The van der Waals surface area contributed by atoms with E-state index in [1.54, 1.807) is 0 Å². The summed E-state index contributed by atoms with van der Waals surface area (Å²) in [6.45, 7) is 0. The summed E-state index contributed by atoms with van der Waals surface area (Å²) in [7, 11) is 9.27. The Morgan fingerprint density at radius 2 is 0.628 bits per heavy atom. The van der Waals surface area contributed by atoms with E-state index in [0.29, 0.717) is 0 Å². The molecule has 0 nitrogen and oxygen atoms in total. The van der Waals surface area contributed by atoms with Gasteiger partial charge < -0.3 is 0 Å². The number of hydrogen-bond acceptors (Lipinski definition) is 0. The van der Waals surface area contributed by atoms with Crippen LogP contribution in [0.25, 0.3) is 0 Å². The van der Waals surface area contributed by atoms with Crippen LogP contribution in [0.2, 0.25) is 0 Å². The summed E-state index contributed by atoms with van der Waals surface area (Å²) in [5.41, 5.74) is 0. The Kier molecular flexibility index (Phi) is 17.0. The molecular formula is C38H36Cl2P2Ti. The third-order valence-electron chi connectivity index (χ3n) is 6.98. The Bertz CT molecular complexity index is 1050. The zero-order valence-corrected chi connectivity index (χ0v) is 29.0. The van der Waals surface area contributed by atoms with Crippen molar-refractivity contribution in [1.82, 2.24) is 0 Å². The third kappa shape index (κ3) is 12.4. The van der Waals surface area contributed by atoms with Crippen LogP contribution in [-0.4, -0.2) is 12.3 Å². The van der Waals surface area contributed by atoms with Gasteiger partial charge in [-0.3, -0.25) is 0 Å². The number of hydrogen-bond donors (Lipinski definition) is 0. The van der Waals surface area contributed by atoms with Crippen LogP contribution in [0.15, 0.2) is 121 Å². The van der Waals surface area contributed by atoms with E-state index in [-0.39, 0.29) is 15.8 Å². The Labute approximate surface area is 280 Å². The Balaban J connectivity index is 0.000000181. The van der Waals surface area contributed by atoms with Gasteiger partial charge in [-0.1, -0.05) is 121 Å². The molecule has 0 N–H and O–H groups in total. The van der Waals surface area contributed by atoms with Crippen molar-refractivity contribution in [2.24, 2.45) is 0 Å². The maximum absolute atomic E-state index is 4.89. The van der Waals surface area contributed by atoms with Crippen LogP contribution in [0.3, 0.4) is 0 Å². The first kappa shape index (κ1) is 34.9. The van der Waals surface area contributed by atoms with E-state index < -0.39 is 17.0 Å². The summed E-state index contributed by atoms with van der Waals surface area (Å²) >= 11 is -0.556. The fraction of sp³-hybridized carbons (Fsp3) is 0.105. The van der Waals surface area contributed by atoms with E-state index in [0.717, 1.165) is 12.8 Å². The van der Waals surface area contributed by atoms with Crippen molar-refractivity contribution < 1.29 is 17.0 Å². The quantitative estimate of drug-likeness (QED) is 0.116. The zero-order valence-electron chi connectivity index (χ0n) is 24.1. The number of benzene rings is 4. The molecule has 216 valence electrons. The molecule has 10 radical (unpaired) electrons. The fourth-order valence-electron chi connectivity index (χ4n) is 4.89. The predicted molar refractivity (Wildman–Crippen MR) is 190 cm³/mol. The molecule has 0 atom stereocenters. The molecule has 0 bridgehead atoms. The van der Waals surface area contributed by atoms with E-state index in [1.807, 2.05) is 0 Å². The van der Waals surface area contributed by atoms with Crippen molar-refractivity contribution in [3.8, 4) is 0 Å². The van der Waals surface area contributed by atoms with E-state index in [1.165, 1.54) is 45.4 Å². The molecule has 4 aromatic carbocycles. The molecule has 0 aromatic heterocycles. The first-order valence-corrected chi connectivity index (χ1v) is 21.8. The second-order valence-electron chi connectivity index (χ2n) is 9.80. The van der Waals surface area contributed by atoms with Crippen molar-refractivity contribution in [2.45, 2.75) is 12.8 Å². The van der Waals surface area contributed by atoms with Gasteiger partial charge in [0.15, 0.2) is 0 Å². The molecule has 2 fully saturated rings. The van der Waals surface area contributed by atoms with Crippen LogP contribution < -0.4 is 21.2 Å². The Morgan fingerprint density at radius 1 is 0.395 bits per heavy atom. The molecule has 2 saturated carbocycles. The zero-order chi connectivity index (χ0) is 30.0. The fourth-order valence-corrected chi connectivity index (χ4v) is 9.61. The van der Waals surface area contributed by atoms with E-state index in [4.69, 9.17) is 18.6 Å². The normalized spacial score (nSPS) is 15.1. The maximum atomic E-state index is 4.89. The Hall–Kier alpha value is -0.966. The Morgan fingerprint density at radius 3 is 0.860 bits per heavy atom. The molecular weight excluding hydrogens is 637 g/mol.